The topological polar surface area (TPSA) is 86.8 Å². The number of nitrogens with one attached hydrogen (secondary N) is 1. The Hall–Kier alpha value is -2.65. The van der Waals surface area contributed by atoms with Crippen molar-refractivity contribution in [2.24, 2.45) is 0 Å². The van der Waals surface area contributed by atoms with Crippen molar-refractivity contribution in [3.63, 3.8) is 0 Å². The van der Waals surface area contributed by atoms with E-state index < -0.39 is 39.9 Å². The van der Waals surface area contributed by atoms with Crippen molar-refractivity contribution in [2.45, 2.75) is 52.2 Å². The first-order valence-electron chi connectivity index (χ1n) is 10.8. The Bertz CT molecular complexity index is 1120. The summed E-state index contributed by atoms with van der Waals surface area (Å²) in [5.41, 5.74) is -0.0700. The molecule has 0 bridgehead atoms. The number of sulfonamides is 1. The molecule has 1 N–H and O–H groups in total. The average Bonchev–Trinajstić information content (AvgIpc) is 2.71. The molecule has 0 spiro atoms. The summed E-state index contributed by atoms with van der Waals surface area (Å²) in [5, 5.41) is 3.39. The van der Waals surface area contributed by atoms with E-state index in [1.54, 1.807) is 31.2 Å². The summed E-state index contributed by atoms with van der Waals surface area (Å²) in [7, 11) is -4.00. The number of carbonyl (C=O) groups excluding carboxylic acids is 2. The maximum Gasteiger partial charge on any atom is 0.244 e. The Morgan fingerprint density at radius 3 is 2.18 bits per heavy atom. The van der Waals surface area contributed by atoms with Crippen LogP contribution in [0.4, 0.5) is 10.1 Å². The van der Waals surface area contributed by atoms with Crippen LogP contribution < -0.4 is 9.62 Å². The molecule has 0 saturated heterocycles. The number of nitrogens with zero attached hydrogens (tertiary/aromatic N) is 2. The molecule has 0 fully saturated rings. The van der Waals surface area contributed by atoms with E-state index in [9.17, 15) is 22.4 Å². The smallest absolute Gasteiger partial charge is 0.244 e. The van der Waals surface area contributed by atoms with Crippen LogP contribution in [-0.4, -0.2) is 49.5 Å². The molecule has 0 saturated carbocycles. The third kappa shape index (κ3) is 7.70. The Balaban J connectivity index is 2.46. The highest BCUT2D eigenvalue weighted by molar-refractivity contribution is 7.92. The van der Waals surface area contributed by atoms with Gasteiger partial charge in [-0.2, -0.15) is 0 Å². The van der Waals surface area contributed by atoms with E-state index >= 15 is 0 Å². The Labute approximate surface area is 205 Å². The van der Waals surface area contributed by atoms with E-state index in [4.69, 9.17) is 11.6 Å². The standard InChI is InChI=1S/C24H31ClFN3O4S/c1-6-20(23(31)27-24(2,3)4)28(15-17-11-13-18(25)14-12-17)22(30)16-29(34(5,32)33)21-10-8-7-9-19(21)26/h7-14,20H,6,15-16H2,1-5H3,(H,27,31). The van der Waals surface area contributed by atoms with Gasteiger partial charge >= 0.3 is 0 Å². The van der Waals surface area contributed by atoms with Gasteiger partial charge in [0.2, 0.25) is 21.8 Å². The van der Waals surface area contributed by atoms with Crippen LogP contribution in [0.15, 0.2) is 48.5 Å². The Kier molecular flexibility index (Phi) is 9.08. The summed E-state index contributed by atoms with van der Waals surface area (Å²) >= 11 is 5.97. The lowest BCUT2D eigenvalue weighted by molar-refractivity contribution is -0.141. The number of halogens is 2. The fourth-order valence-corrected chi connectivity index (χ4v) is 4.38. The number of benzene rings is 2. The molecule has 186 valence electrons. The van der Waals surface area contributed by atoms with Gasteiger partial charge in [-0.3, -0.25) is 13.9 Å². The van der Waals surface area contributed by atoms with Crippen molar-refractivity contribution < 1.29 is 22.4 Å². The number of rotatable bonds is 9. The van der Waals surface area contributed by atoms with Gasteiger partial charge in [0.15, 0.2) is 0 Å². The van der Waals surface area contributed by atoms with Crippen LogP contribution >= 0.6 is 11.6 Å². The van der Waals surface area contributed by atoms with Crippen molar-refractivity contribution >= 4 is 39.1 Å². The van der Waals surface area contributed by atoms with Gasteiger partial charge in [-0.05, 0) is 57.0 Å². The van der Waals surface area contributed by atoms with Crippen molar-refractivity contribution in [1.29, 1.82) is 0 Å². The van der Waals surface area contributed by atoms with Crippen LogP contribution in [0, 0.1) is 5.82 Å². The van der Waals surface area contributed by atoms with Gasteiger partial charge in [0.1, 0.15) is 18.4 Å². The van der Waals surface area contributed by atoms with Crippen LogP contribution in [0.3, 0.4) is 0 Å². The van der Waals surface area contributed by atoms with E-state index in [0.29, 0.717) is 21.3 Å². The molecule has 0 aliphatic carbocycles. The molecule has 2 rings (SSSR count). The molecule has 0 aliphatic heterocycles. The number of hydrogen-bond donors (Lipinski definition) is 1. The highest BCUT2D eigenvalue weighted by Crippen LogP contribution is 2.23. The van der Waals surface area contributed by atoms with Crippen LogP contribution in [0.25, 0.3) is 0 Å². The van der Waals surface area contributed by atoms with Crippen LogP contribution in [0.2, 0.25) is 5.02 Å². The summed E-state index contributed by atoms with van der Waals surface area (Å²) in [6.45, 7) is 6.62. The molecule has 2 amide bonds. The molecular formula is C24H31ClFN3O4S. The summed E-state index contributed by atoms with van der Waals surface area (Å²) in [6, 6.07) is 11.2. The molecule has 0 heterocycles. The maximum absolute atomic E-state index is 14.4. The van der Waals surface area contributed by atoms with Crippen molar-refractivity contribution in [3.05, 3.63) is 64.9 Å². The van der Waals surface area contributed by atoms with Crippen molar-refractivity contribution in [2.75, 3.05) is 17.1 Å². The highest BCUT2D eigenvalue weighted by Gasteiger charge is 2.33. The zero-order chi connectivity index (χ0) is 25.7. The first-order chi connectivity index (χ1) is 15.7. The SMILES string of the molecule is CCC(C(=O)NC(C)(C)C)N(Cc1ccc(Cl)cc1)C(=O)CN(c1ccccc1F)S(C)(=O)=O. The Morgan fingerprint density at radius 1 is 1.09 bits per heavy atom. The van der Waals surface area contributed by atoms with E-state index in [0.717, 1.165) is 12.3 Å². The number of hydrogen-bond acceptors (Lipinski definition) is 4. The largest absolute Gasteiger partial charge is 0.350 e. The quantitative estimate of drug-likeness (QED) is 0.552. The van der Waals surface area contributed by atoms with Crippen molar-refractivity contribution in [3.8, 4) is 0 Å². The maximum atomic E-state index is 14.4. The first kappa shape index (κ1) is 27.6. The van der Waals surface area contributed by atoms with Crippen LogP contribution in [0.5, 0.6) is 0 Å². The van der Waals surface area contributed by atoms with Gasteiger partial charge in [0.25, 0.3) is 0 Å². The molecule has 34 heavy (non-hydrogen) atoms. The zero-order valence-electron chi connectivity index (χ0n) is 20.0. The molecule has 0 aromatic heterocycles. The number of carbonyl (C=O) groups is 2. The van der Waals surface area contributed by atoms with Crippen molar-refractivity contribution in [1.82, 2.24) is 10.2 Å². The Morgan fingerprint density at radius 2 is 1.68 bits per heavy atom. The van der Waals surface area contributed by atoms with Gasteiger partial charge in [-0.25, -0.2) is 12.8 Å². The lowest BCUT2D eigenvalue weighted by Gasteiger charge is -2.34. The molecule has 0 radical (unpaired) electrons. The third-order valence-corrected chi connectivity index (χ3v) is 6.33. The second kappa shape index (κ2) is 11.2. The van der Waals surface area contributed by atoms with Crippen LogP contribution in [0.1, 0.15) is 39.7 Å². The molecule has 10 heteroatoms. The van der Waals surface area contributed by atoms with E-state index in [-0.39, 0.29) is 18.1 Å². The summed E-state index contributed by atoms with van der Waals surface area (Å²) in [5.74, 6) is -1.78. The van der Waals surface area contributed by atoms with Gasteiger partial charge < -0.3 is 10.2 Å². The van der Waals surface area contributed by atoms with E-state index in [1.807, 2.05) is 20.8 Å². The van der Waals surface area contributed by atoms with Gasteiger partial charge in [0, 0.05) is 17.1 Å². The zero-order valence-corrected chi connectivity index (χ0v) is 21.6. The normalized spacial score (nSPS) is 12.7. The summed E-state index contributed by atoms with van der Waals surface area (Å²) in [4.78, 5) is 27.9. The lowest BCUT2D eigenvalue weighted by Crippen LogP contribution is -2.55. The first-order valence-corrected chi connectivity index (χ1v) is 13.0. The fraction of sp³-hybridized carbons (Fsp3) is 0.417. The minimum absolute atomic E-state index is 0.0426. The third-order valence-electron chi connectivity index (χ3n) is 4.95. The fourth-order valence-electron chi connectivity index (χ4n) is 3.41. The molecule has 1 unspecified atom stereocenters. The van der Waals surface area contributed by atoms with E-state index in [1.165, 1.54) is 23.1 Å². The predicted molar refractivity (Wildman–Crippen MR) is 133 cm³/mol. The van der Waals surface area contributed by atoms with Gasteiger partial charge in [-0.1, -0.05) is 42.8 Å². The van der Waals surface area contributed by atoms with Gasteiger partial charge in [-0.15, -0.1) is 0 Å². The lowest BCUT2D eigenvalue weighted by atomic mass is 10.1. The molecule has 2 aromatic rings. The number of para-hydroxylation sites is 1. The second-order valence-electron chi connectivity index (χ2n) is 9.03. The summed E-state index contributed by atoms with van der Waals surface area (Å²) in [6.07, 6.45) is 1.19. The minimum atomic E-state index is -4.00. The molecule has 2 aromatic carbocycles. The van der Waals surface area contributed by atoms with Crippen LogP contribution in [-0.2, 0) is 26.2 Å². The average molecular weight is 512 g/mol. The van der Waals surface area contributed by atoms with Gasteiger partial charge in [0.05, 0.1) is 11.9 Å². The molecule has 7 nitrogen and oxygen atoms in total. The molecule has 0 aliphatic rings. The van der Waals surface area contributed by atoms with E-state index in [2.05, 4.69) is 5.32 Å². The summed E-state index contributed by atoms with van der Waals surface area (Å²) < 4.78 is 40.1. The molecular weight excluding hydrogens is 481 g/mol. The second-order valence-corrected chi connectivity index (χ2v) is 11.4. The predicted octanol–water partition coefficient (Wildman–Crippen LogP) is 3.97. The highest BCUT2D eigenvalue weighted by atomic mass is 35.5. The number of amides is 2. The monoisotopic (exact) mass is 511 g/mol. The number of anilines is 1. The minimum Gasteiger partial charge on any atom is -0.350 e. The molecule has 1 atom stereocenters.